The number of methoxy groups -OCH3 is 1. The largest absolute Gasteiger partial charge is 0.383 e. The lowest BCUT2D eigenvalue weighted by molar-refractivity contribution is 0.0285. The molecule has 2 fully saturated rings. The second-order valence-electron chi connectivity index (χ2n) is 6.29. The zero-order valence-electron chi connectivity index (χ0n) is 12.6. The Bertz CT molecular complexity index is 407. The van der Waals surface area contributed by atoms with E-state index in [0.29, 0.717) is 18.9 Å². The molecule has 1 N–H and O–H groups in total. The molecule has 20 heavy (non-hydrogen) atoms. The second-order valence-corrected chi connectivity index (χ2v) is 8.55. The summed E-state index contributed by atoms with van der Waals surface area (Å²) < 4.78 is 34.0. The van der Waals surface area contributed by atoms with Gasteiger partial charge in [0.05, 0.1) is 18.5 Å². The van der Waals surface area contributed by atoms with E-state index in [1.807, 2.05) is 0 Å². The first-order valence-corrected chi connectivity index (χ1v) is 9.52. The fraction of sp³-hybridized carbons (Fsp3) is 1.00. The van der Waals surface area contributed by atoms with Gasteiger partial charge in [0.1, 0.15) is 9.84 Å². The number of sulfone groups is 1. The van der Waals surface area contributed by atoms with Gasteiger partial charge in [-0.25, -0.2) is 8.42 Å². The van der Waals surface area contributed by atoms with E-state index in [9.17, 15) is 8.42 Å². The van der Waals surface area contributed by atoms with Crippen molar-refractivity contribution in [1.29, 1.82) is 0 Å². The highest BCUT2D eigenvalue weighted by Crippen LogP contribution is 2.49. The highest BCUT2D eigenvalue weighted by atomic mass is 32.2. The average molecular weight is 305 g/mol. The van der Waals surface area contributed by atoms with Crippen LogP contribution in [0.5, 0.6) is 0 Å². The van der Waals surface area contributed by atoms with Crippen LogP contribution >= 0.6 is 0 Å². The quantitative estimate of drug-likeness (QED) is 0.640. The smallest absolute Gasteiger partial charge is 0.147 e. The summed E-state index contributed by atoms with van der Waals surface area (Å²) in [7, 11) is -1.23. The molecule has 5 nitrogen and oxygen atoms in total. The highest BCUT2D eigenvalue weighted by molar-refractivity contribution is 7.90. The maximum absolute atomic E-state index is 11.5. The summed E-state index contributed by atoms with van der Waals surface area (Å²) in [4.78, 5) is 0. The van der Waals surface area contributed by atoms with Crippen LogP contribution in [0, 0.1) is 11.3 Å². The van der Waals surface area contributed by atoms with Crippen molar-refractivity contribution in [3.05, 3.63) is 0 Å². The maximum Gasteiger partial charge on any atom is 0.147 e. The first-order valence-electron chi connectivity index (χ1n) is 7.46. The lowest BCUT2D eigenvalue weighted by Gasteiger charge is -2.34. The first kappa shape index (κ1) is 16.2. The standard InChI is InChI=1S/C14H27NO4S/c1-18-9-7-15-11-14(6-10-20(2,16)17)5-8-19-13(14)12-3-4-12/h12-13,15H,3-11H2,1-2H3. The molecule has 0 aromatic heterocycles. The van der Waals surface area contributed by atoms with Gasteiger partial charge in [-0.2, -0.15) is 0 Å². The van der Waals surface area contributed by atoms with Gasteiger partial charge in [-0.3, -0.25) is 0 Å². The molecule has 1 saturated heterocycles. The van der Waals surface area contributed by atoms with E-state index < -0.39 is 9.84 Å². The topological polar surface area (TPSA) is 64.6 Å². The van der Waals surface area contributed by atoms with Crippen LogP contribution in [0.15, 0.2) is 0 Å². The maximum atomic E-state index is 11.5. The number of rotatable bonds is 9. The van der Waals surface area contributed by atoms with Crippen LogP contribution < -0.4 is 5.32 Å². The lowest BCUT2D eigenvalue weighted by Crippen LogP contribution is -2.43. The Hall–Kier alpha value is -0.170. The molecule has 1 aliphatic carbocycles. The fourth-order valence-corrected chi connectivity index (χ4v) is 3.97. The summed E-state index contributed by atoms with van der Waals surface area (Å²) in [5.41, 5.74) is -0.0159. The molecule has 1 heterocycles. The van der Waals surface area contributed by atoms with E-state index in [4.69, 9.17) is 9.47 Å². The molecular weight excluding hydrogens is 278 g/mol. The fourth-order valence-electron chi connectivity index (χ4n) is 3.19. The molecule has 1 aliphatic heterocycles. The molecule has 6 heteroatoms. The van der Waals surface area contributed by atoms with Crippen molar-refractivity contribution >= 4 is 9.84 Å². The van der Waals surface area contributed by atoms with Gasteiger partial charge in [0.2, 0.25) is 0 Å². The van der Waals surface area contributed by atoms with Gasteiger partial charge in [0, 0.05) is 38.5 Å². The van der Waals surface area contributed by atoms with Crippen LogP contribution in [0.4, 0.5) is 0 Å². The Morgan fingerprint density at radius 1 is 1.40 bits per heavy atom. The van der Waals surface area contributed by atoms with E-state index in [1.165, 1.54) is 19.1 Å². The third-order valence-corrected chi connectivity index (χ3v) is 5.43. The van der Waals surface area contributed by atoms with Gasteiger partial charge in [-0.15, -0.1) is 0 Å². The zero-order chi connectivity index (χ0) is 14.6. The number of nitrogens with one attached hydrogen (secondary N) is 1. The normalized spacial score (nSPS) is 30.8. The van der Waals surface area contributed by atoms with E-state index in [1.54, 1.807) is 7.11 Å². The molecule has 0 aromatic carbocycles. The predicted octanol–water partition coefficient (Wildman–Crippen LogP) is 0.842. The van der Waals surface area contributed by atoms with Crippen LogP contribution in [-0.2, 0) is 19.3 Å². The summed E-state index contributed by atoms with van der Waals surface area (Å²) in [6, 6.07) is 0. The Labute approximate surface area is 122 Å². The van der Waals surface area contributed by atoms with Gasteiger partial charge in [-0.1, -0.05) is 0 Å². The monoisotopic (exact) mass is 305 g/mol. The minimum Gasteiger partial charge on any atom is -0.383 e. The van der Waals surface area contributed by atoms with Crippen molar-refractivity contribution in [2.45, 2.75) is 31.8 Å². The van der Waals surface area contributed by atoms with Gasteiger partial charge >= 0.3 is 0 Å². The molecule has 2 atom stereocenters. The molecule has 118 valence electrons. The summed E-state index contributed by atoms with van der Waals surface area (Å²) in [6.45, 7) is 3.07. The van der Waals surface area contributed by atoms with Crippen molar-refractivity contribution in [2.75, 3.05) is 45.4 Å². The van der Waals surface area contributed by atoms with Crippen molar-refractivity contribution in [3.8, 4) is 0 Å². The molecular formula is C14H27NO4S. The third kappa shape index (κ3) is 4.41. The highest BCUT2D eigenvalue weighted by Gasteiger charge is 2.50. The number of hydrogen-bond acceptors (Lipinski definition) is 5. The molecule has 1 saturated carbocycles. The average Bonchev–Trinajstić information content (AvgIpc) is 3.13. The molecule has 0 spiro atoms. The molecule has 0 bridgehead atoms. The molecule has 2 unspecified atom stereocenters. The Kier molecular flexibility index (Phi) is 5.45. The Morgan fingerprint density at radius 3 is 2.75 bits per heavy atom. The first-order chi connectivity index (χ1) is 9.47. The SMILES string of the molecule is COCCNCC1(CCS(C)(=O)=O)CCOC1C1CC1. The van der Waals surface area contributed by atoms with Crippen molar-refractivity contribution in [3.63, 3.8) is 0 Å². The molecule has 2 rings (SSSR count). The summed E-state index contributed by atoms with van der Waals surface area (Å²) in [5, 5.41) is 3.42. The molecule has 0 aromatic rings. The van der Waals surface area contributed by atoms with E-state index in [0.717, 1.165) is 26.1 Å². The minimum atomic E-state index is -2.92. The van der Waals surface area contributed by atoms with Crippen LogP contribution in [0.2, 0.25) is 0 Å². The van der Waals surface area contributed by atoms with Gasteiger partial charge in [-0.05, 0) is 31.6 Å². The third-order valence-electron chi connectivity index (χ3n) is 4.48. The Balaban J connectivity index is 1.98. The predicted molar refractivity (Wildman–Crippen MR) is 78.6 cm³/mol. The van der Waals surface area contributed by atoms with Gasteiger partial charge in [0.15, 0.2) is 0 Å². The summed E-state index contributed by atoms with van der Waals surface area (Å²) in [6.07, 6.45) is 5.67. The lowest BCUT2D eigenvalue weighted by atomic mass is 9.76. The van der Waals surface area contributed by atoms with Crippen LogP contribution in [0.3, 0.4) is 0 Å². The van der Waals surface area contributed by atoms with Crippen molar-refractivity contribution < 1.29 is 17.9 Å². The summed E-state index contributed by atoms with van der Waals surface area (Å²) in [5.74, 6) is 0.896. The minimum absolute atomic E-state index is 0.0159. The molecule has 0 radical (unpaired) electrons. The van der Waals surface area contributed by atoms with Crippen LogP contribution in [0.25, 0.3) is 0 Å². The number of hydrogen-bond donors (Lipinski definition) is 1. The van der Waals surface area contributed by atoms with Gasteiger partial charge in [0.25, 0.3) is 0 Å². The zero-order valence-corrected chi connectivity index (χ0v) is 13.4. The van der Waals surface area contributed by atoms with Crippen LogP contribution in [0.1, 0.15) is 25.7 Å². The van der Waals surface area contributed by atoms with Crippen molar-refractivity contribution in [2.24, 2.45) is 11.3 Å². The van der Waals surface area contributed by atoms with Crippen LogP contribution in [-0.4, -0.2) is 59.9 Å². The van der Waals surface area contributed by atoms with Crippen molar-refractivity contribution in [1.82, 2.24) is 5.32 Å². The summed E-state index contributed by atoms with van der Waals surface area (Å²) >= 11 is 0. The molecule has 2 aliphatic rings. The Morgan fingerprint density at radius 2 is 2.15 bits per heavy atom. The van der Waals surface area contributed by atoms with E-state index in [-0.39, 0.29) is 17.3 Å². The van der Waals surface area contributed by atoms with E-state index >= 15 is 0 Å². The van der Waals surface area contributed by atoms with Gasteiger partial charge < -0.3 is 14.8 Å². The molecule has 0 amide bonds. The number of ether oxygens (including phenoxy) is 2. The van der Waals surface area contributed by atoms with E-state index in [2.05, 4.69) is 5.32 Å². The second kappa shape index (κ2) is 6.73.